The lowest BCUT2D eigenvalue weighted by molar-refractivity contribution is 0.357. The first-order valence-corrected chi connectivity index (χ1v) is 7.52. The van der Waals surface area contributed by atoms with Crippen LogP contribution in [0.25, 0.3) is 0 Å². The molecule has 0 aromatic carbocycles. The highest BCUT2D eigenvalue weighted by molar-refractivity contribution is 7.99. The summed E-state index contributed by atoms with van der Waals surface area (Å²) < 4.78 is 5.32. The van der Waals surface area contributed by atoms with Gasteiger partial charge >= 0.3 is 0 Å². The average Bonchev–Trinajstić information content (AvgIpc) is 2.79. The third kappa shape index (κ3) is 3.71. The fourth-order valence-corrected chi connectivity index (χ4v) is 3.34. The molecule has 1 saturated heterocycles. The van der Waals surface area contributed by atoms with Crippen LogP contribution in [0.4, 0.5) is 0 Å². The van der Waals surface area contributed by atoms with Crippen molar-refractivity contribution in [3.05, 3.63) is 11.7 Å². The van der Waals surface area contributed by atoms with Crippen molar-refractivity contribution in [1.29, 1.82) is 0 Å². The Hall–Kier alpha value is -0.550. The Balaban J connectivity index is 1.90. The van der Waals surface area contributed by atoms with Gasteiger partial charge in [0.2, 0.25) is 5.89 Å². The molecule has 2 heterocycles. The summed E-state index contributed by atoms with van der Waals surface area (Å²) in [6, 6.07) is 0.396. The van der Waals surface area contributed by atoms with Crippen molar-refractivity contribution < 1.29 is 4.52 Å². The molecule has 0 saturated carbocycles. The highest BCUT2D eigenvalue weighted by Crippen LogP contribution is 2.36. The Morgan fingerprint density at radius 1 is 1.53 bits per heavy atom. The molecule has 4 nitrogen and oxygen atoms in total. The topological polar surface area (TPSA) is 51.0 Å². The van der Waals surface area contributed by atoms with Crippen molar-refractivity contribution >= 4 is 11.8 Å². The molecule has 2 rings (SSSR count). The molecule has 1 N–H and O–H groups in total. The predicted molar refractivity (Wildman–Crippen MR) is 70.2 cm³/mol. The van der Waals surface area contributed by atoms with Gasteiger partial charge in [-0.15, -0.1) is 0 Å². The number of likely N-dealkylation sites (N-methyl/N-ethyl adjacent to an activating group) is 1. The van der Waals surface area contributed by atoms with Crippen LogP contribution in [0.15, 0.2) is 4.52 Å². The first-order valence-electron chi connectivity index (χ1n) is 6.47. The van der Waals surface area contributed by atoms with Crippen LogP contribution in [0, 0.1) is 0 Å². The van der Waals surface area contributed by atoms with Gasteiger partial charge in [0.05, 0.1) is 5.25 Å². The summed E-state index contributed by atoms with van der Waals surface area (Å²) in [5, 5.41) is 7.92. The van der Waals surface area contributed by atoms with Gasteiger partial charge in [0.15, 0.2) is 5.82 Å². The molecule has 2 atom stereocenters. The fraction of sp³-hybridized carbons (Fsp3) is 0.833. The zero-order valence-electron chi connectivity index (χ0n) is 10.6. The Morgan fingerprint density at radius 2 is 2.41 bits per heavy atom. The number of nitrogens with one attached hydrogen (secondary N) is 1. The van der Waals surface area contributed by atoms with Crippen LogP contribution in [0.3, 0.4) is 0 Å². The third-order valence-electron chi connectivity index (χ3n) is 2.98. The zero-order valence-corrected chi connectivity index (χ0v) is 11.4. The van der Waals surface area contributed by atoms with E-state index in [-0.39, 0.29) is 0 Å². The molecule has 0 radical (unpaired) electrons. The van der Waals surface area contributed by atoms with Gasteiger partial charge in [-0.1, -0.05) is 18.5 Å². The van der Waals surface area contributed by atoms with Gasteiger partial charge in [0.25, 0.3) is 0 Å². The maximum absolute atomic E-state index is 5.32. The second-order valence-corrected chi connectivity index (χ2v) is 5.87. The van der Waals surface area contributed by atoms with Gasteiger partial charge in [-0.2, -0.15) is 16.7 Å². The minimum atomic E-state index is 0.396. The van der Waals surface area contributed by atoms with Gasteiger partial charge in [0.1, 0.15) is 0 Å². The number of nitrogens with zero attached hydrogens (tertiary/aromatic N) is 2. The van der Waals surface area contributed by atoms with Crippen molar-refractivity contribution in [3.63, 3.8) is 0 Å². The van der Waals surface area contributed by atoms with Crippen LogP contribution in [0.2, 0.25) is 0 Å². The fourth-order valence-electron chi connectivity index (χ4n) is 2.11. The van der Waals surface area contributed by atoms with E-state index in [1.54, 1.807) is 0 Å². The van der Waals surface area contributed by atoms with E-state index in [2.05, 4.69) is 29.3 Å². The normalized spacial score (nSPS) is 22.6. The molecule has 0 spiro atoms. The molecule has 17 heavy (non-hydrogen) atoms. The average molecular weight is 255 g/mol. The summed E-state index contributed by atoms with van der Waals surface area (Å²) in [5.41, 5.74) is 0. The first-order chi connectivity index (χ1) is 8.29. The van der Waals surface area contributed by atoms with Crippen LogP contribution in [0.5, 0.6) is 0 Å². The predicted octanol–water partition coefficient (Wildman–Crippen LogP) is 2.57. The summed E-state index contributed by atoms with van der Waals surface area (Å²) >= 11 is 1.96. The Kier molecular flexibility index (Phi) is 4.86. The van der Waals surface area contributed by atoms with Gasteiger partial charge in [-0.25, -0.2) is 0 Å². The van der Waals surface area contributed by atoms with Gasteiger partial charge < -0.3 is 9.84 Å². The highest BCUT2D eigenvalue weighted by Gasteiger charge is 2.21. The van der Waals surface area contributed by atoms with E-state index in [0.29, 0.717) is 11.3 Å². The van der Waals surface area contributed by atoms with Crippen molar-refractivity contribution in [2.24, 2.45) is 0 Å². The lowest BCUT2D eigenvalue weighted by atomic mass is 10.2. The Bertz CT molecular complexity index is 336. The largest absolute Gasteiger partial charge is 0.339 e. The van der Waals surface area contributed by atoms with Crippen LogP contribution < -0.4 is 5.32 Å². The number of thioether (sulfide) groups is 1. The van der Waals surface area contributed by atoms with E-state index < -0.39 is 0 Å². The number of hydrogen-bond donors (Lipinski definition) is 1. The quantitative estimate of drug-likeness (QED) is 0.876. The lowest BCUT2D eigenvalue weighted by Crippen LogP contribution is -2.27. The first kappa shape index (κ1) is 12.9. The Labute approximate surface area is 107 Å². The summed E-state index contributed by atoms with van der Waals surface area (Å²) in [6.07, 6.45) is 4.61. The summed E-state index contributed by atoms with van der Waals surface area (Å²) in [5.74, 6) is 2.88. The maximum atomic E-state index is 5.32. The molecule has 5 heteroatoms. The smallest absolute Gasteiger partial charge is 0.228 e. The molecule has 0 aliphatic carbocycles. The number of rotatable bonds is 5. The van der Waals surface area contributed by atoms with E-state index in [4.69, 9.17) is 4.52 Å². The van der Waals surface area contributed by atoms with Crippen molar-refractivity contribution in [1.82, 2.24) is 15.5 Å². The number of hydrogen-bond acceptors (Lipinski definition) is 5. The van der Waals surface area contributed by atoms with Crippen LogP contribution in [-0.4, -0.2) is 28.5 Å². The van der Waals surface area contributed by atoms with Crippen molar-refractivity contribution in [2.45, 2.75) is 50.8 Å². The molecular formula is C12H21N3OS. The third-order valence-corrected chi connectivity index (χ3v) is 4.36. The molecule has 1 aliphatic heterocycles. The zero-order chi connectivity index (χ0) is 12.1. The van der Waals surface area contributed by atoms with Crippen molar-refractivity contribution in [2.75, 3.05) is 12.3 Å². The molecular weight excluding hydrogens is 234 g/mol. The standard InChI is InChI=1S/C12H21N3OS/c1-3-13-9(2)8-11-14-12(15-16-11)10-6-4-5-7-17-10/h9-10,13H,3-8H2,1-2H3. The molecule has 1 aromatic rings. The molecule has 0 amide bonds. The number of aromatic nitrogens is 2. The molecule has 1 fully saturated rings. The van der Waals surface area contributed by atoms with E-state index in [1.165, 1.54) is 25.0 Å². The lowest BCUT2D eigenvalue weighted by Gasteiger charge is -2.17. The second-order valence-electron chi connectivity index (χ2n) is 4.56. The van der Waals surface area contributed by atoms with Gasteiger partial charge in [-0.05, 0) is 32.1 Å². The van der Waals surface area contributed by atoms with Crippen LogP contribution in [-0.2, 0) is 6.42 Å². The van der Waals surface area contributed by atoms with Crippen molar-refractivity contribution in [3.8, 4) is 0 Å². The molecule has 96 valence electrons. The molecule has 1 aromatic heterocycles. The minimum Gasteiger partial charge on any atom is -0.339 e. The summed E-state index contributed by atoms with van der Waals surface area (Å²) in [4.78, 5) is 4.52. The maximum Gasteiger partial charge on any atom is 0.228 e. The molecule has 2 unspecified atom stereocenters. The van der Waals surface area contributed by atoms with Crippen LogP contribution in [0.1, 0.15) is 50.1 Å². The second kappa shape index (κ2) is 6.40. The summed E-state index contributed by atoms with van der Waals surface area (Å²) in [6.45, 7) is 5.22. The van der Waals surface area contributed by atoms with E-state index in [9.17, 15) is 0 Å². The SMILES string of the molecule is CCNC(C)Cc1nc(C2CCCCS2)no1. The van der Waals surface area contributed by atoms with Crippen LogP contribution >= 0.6 is 11.8 Å². The highest BCUT2D eigenvalue weighted by atomic mass is 32.2. The molecule has 0 bridgehead atoms. The summed E-state index contributed by atoms with van der Waals surface area (Å²) in [7, 11) is 0. The minimum absolute atomic E-state index is 0.396. The molecule has 1 aliphatic rings. The van der Waals surface area contributed by atoms with E-state index in [0.717, 1.165) is 24.7 Å². The van der Waals surface area contributed by atoms with E-state index >= 15 is 0 Å². The van der Waals surface area contributed by atoms with E-state index in [1.807, 2.05) is 11.8 Å². The Morgan fingerprint density at radius 3 is 3.12 bits per heavy atom. The van der Waals surface area contributed by atoms with Gasteiger partial charge in [-0.3, -0.25) is 0 Å². The van der Waals surface area contributed by atoms with Gasteiger partial charge in [0, 0.05) is 12.5 Å². The monoisotopic (exact) mass is 255 g/mol.